The summed E-state index contributed by atoms with van der Waals surface area (Å²) in [6.07, 6.45) is 0. The van der Waals surface area contributed by atoms with E-state index in [2.05, 4.69) is 15.6 Å². The zero-order chi connectivity index (χ0) is 13.7. The van der Waals surface area contributed by atoms with Crippen LogP contribution in [-0.4, -0.2) is 17.9 Å². The van der Waals surface area contributed by atoms with Gasteiger partial charge in [0.15, 0.2) is 0 Å². The van der Waals surface area contributed by atoms with Crippen LogP contribution in [0.25, 0.3) is 0 Å². The second-order valence-corrected chi connectivity index (χ2v) is 4.11. The van der Waals surface area contributed by atoms with Crippen molar-refractivity contribution in [2.75, 3.05) is 12.4 Å². The molecule has 1 heterocycles. The van der Waals surface area contributed by atoms with Crippen LogP contribution in [0.2, 0.25) is 0 Å². The molecule has 1 aromatic carbocycles. The van der Waals surface area contributed by atoms with Gasteiger partial charge in [-0.05, 0) is 30.8 Å². The summed E-state index contributed by atoms with van der Waals surface area (Å²) in [7, 11) is 1.88. The van der Waals surface area contributed by atoms with Crippen LogP contribution in [0.15, 0.2) is 47.3 Å². The zero-order valence-electron chi connectivity index (χ0n) is 10.6. The number of H-pyrrole nitrogens is 1. The maximum Gasteiger partial charge on any atom is 0.272 e. The average Bonchev–Trinajstić information content (AvgIpc) is 2.41. The second-order valence-electron chi connectivity index (χ2n) is 4.11. The van der Waals surface area contributed by atoms with Gasteiger partial charge in [0.1, 0.15) is 5.69 Å². The first-order valence-corrected chi connectivity index (χ1v) is 5.93. The number of amides is 1. The van der Waals surface area contributed by atoms with E-state index in [1.54, 1.807) is 12.1 Å². The largest absolute Gasteiger partial charge is 0.321 e. The molecule has 0 fully saturated rings. The number of hydrogen-bond donors (Lipinski definition) is 3. The van der Waals surface area contributed by atoms with Crippen molar-refractivity contribution in [3.8, 4) is 0 Å². The Balaban J connectivity index is 2.08. The van der Waals surface area contributed by atoms with Gasteiger partial charge in [-0.2, -0.15) is 0 Å². The third kappa shape index (κ3) is 3.53. The molecule has 98 valence electrons. The van der Waals surface area contributed by atoms with Gasteiger partial charge in [0.25, 0.3) is 5.91 Å². The summed E-state index contributed by atoms with van der Waals surface area (Å²) in [5, 5.41) is 5.77. The number of rotatable bonds is 4. The van der Waals surface area contributed by atoms with E-state index < -0.39 is 0 Å². The highest BCUT2D eigenvalue weighted by atomic mass is 16.2. The molecule has 0 aliphatic carbocycles. The van der Waals surface area contributed by atoms with Gasteiger partial charge in [0.05, 0.1) is 0 Å². The van der Waals surface area contributed by atoms with Crippen molar-refractivity contribution in [2.45, 2.75) is 6.54 Å². The summed E-state index contributed by atoms with van der Waals surface area (Å²) in [4.78, 5) is 25.5. The van der Waals surface area contributed by atoms with Gasteiger partial charge in [-0.1, -0.05) is 18.2 Å². The normalized spacial score (nSPS) is 10.2. The maximum atomic E-state index is 11.9. The fourth-order valence-electron chi connectivity index (χ4n) is 1.69. The van der Waals surface area contributed by atoms with E-state index in [0.29, 0.717) is 5.69 Å². The van der Waals surface area contributed by atoms with Gasteiger partial charge in [-0.15, -0.1) is 0 Å². The molecule has 5 heteroatoms. The highest BCUT2D eigenvalue weighted by molar-refractivity contribution is 6.02. The van der Waals surface area contributed by atoms with E-state index in [0.717, 1.165) is 12.1 Å². The number of hydrogen-bond acceptors (Lipinski definition) is 3. The van der Waals surface area contributed by atoms with E-state index >= 15 is 0 Å². The number of nitrogens with one attached hydrogen (secondary N) is 3. The third-order valence-electron chi connectivity index (χ3n) is 2.61. The molecule has 0 bridgehead atoms. The third-order valence-corrected chi connectivity index (χ3v) is 2.61. The van der Waals surface area contributed by atoms with Crippen LogP contribution in [-0.2, 0) is 6.54 Å². The molecular weight excluding hydrogens is 242 g/mol. The lowest BCUT2D eigenvalue weighted by Crippen LogP contribution is -2.17. The molecule has 1 aromatic heterocycles. The predicted molar refractivity (Wildman–Crippen MR) is 74.2 cm³/mol. The van der Waals surface area contributed by atoms with E-state index in [9.17, 15) is 9.59 Å². The number of anilines is 1. The molecular formula is C14H15N3O2. The first-order chi connectivity index (χ1) is 9.19. The lowest BCUT2D eigenvalue weighted by atomic mass is 10.2. The van der Waals surface area contributed by atoms with Crippen molar-refractivity contribution < 1.29 is 4.79 Å². The van der Waals surface area contributed by atoms with E-state index in [1.807, 2.05) is 31.3 Å². The molecule has 3 N–H and O–H groups in total. The predicted octanol–water partition coefficient (Wildman–Crippen LogP) is 1.35. The Kier molecular flexibility index (Phi) is 4.10. The molecule has 19 heavy (non-hydrogen) atoms. The molecule has 0 aliphatic rings. The number of aromatic amines is 1. The minimum atomic E-state index is -0.334. The van der Waals surface area contributed by atoms with Gasteiger partial charge in [0, 0.05) is 18.3 Å². The average molecular weight is 257 g/mol. The van der Waals surface area contributed by atoms with E-state index in [4.69, 9.17) is 0 Å². The summed E-state index contributed by atoms with van der Waals surface area (Å²) in [6.45, 7) is 0.778. The van der Waals surface area contributed by atoms with Crippen molar-refractivity contribution >= 4 is 11.6 Å². The monoisotopic (exact) mass is 257 g/mol. The Labute approximate surface area is 110 Å². The first kappa shape index (κ1) is 13.0. The number of benzene rings is 1. The van der Waals surface area contributed by atoms with Crippen LogP contribution in [0.4, 0.5) is 5.69 Å². The van der Waals surface area contributed by atoms with Crippen LogP contribution < -0.4 is 16.2 Å². The smallest absolute Gasteiger partial charge is 0.272 e. The molecule has 0 radical (unpaired) electrons. The van der Waals surface area contributed by atoms with Crippen LogP contribution in [0.3, 0.4) is 0 Å². The molecule has 5 nitrogen and oxygen atoms in total. The number of carbonyl (C=O) groups is 1. The molecule has 0 spiro atoms. The summed E-state index contributed by atoms with van der Waals surface area (Å²) >= 11 is 0. The first-order valence-electron chi connectivity index (χ1n) is 5.93. The molecule has 0 unspecified atom stereocenters. The topological polar surface area (TPSA) is 74.0 Å². The number of carbonyl (C=O) groups excluding carboxylic acids is 1. The minimum absolute atomic E-state index is 0.242. The molecule has 0 saturated carbocycles. The lowest BCUT2D eigenvalue weighted by Gasteiger charge is -2.06. The summed E-state index contributed by atoms with van der Waals surface area (Å²) in [6, 6.07) is 12.0. The SMILES string of the molecule is CNCc1ccc(NC(=O)c2cccc(=O)[nH]2)cc1. The molecule has 2 rings (SSSR count). The summed E-state index contributed by atoms with van der Waals surface area (Å²) in [5.41, 5.74) is 1.77. The summed E-state index contributed by atoms with van der Waals surface area (Å²) in [5.74, 6) is -0.334. The quantitative estimate of drug-likeness (QED) is 0.774. The Morgan fingerprint density at radius 1 is 1.16 bits per heavy atom. The van der Waals surface area contributed by atoms with Crippen molar-refractivity contribution in [2.24, 2.45) is 0 Å². The molecule has 0 saturated heterocycles. The lowest BCUT2D eigenvalue weighted by molar-refractivity contribution is 0.102. The highest BCUT2D eigenvalue weighted by Crippen LogP contribution is 2.10. The van der Waals surface area contributed by atoms with Gasteiger partial charge in [0.2, 0.25) is 5.56 Å². The standard InChI is InChI=1S/C14H15N3O2/c1-15-9-10-5-7-11(8-6-10)16-14(19)12-3-2-4-13(18)17-12/h2-8,15H,9H2,1H3,(H,16,19)(H,17,18). The number of aromatic nitrogens is 1. The minimum Gasteiger partial charge on any atom is -0.321 e. The van der Waals surface area contributed by atoms with Gasteiger partial charge in [-0.3, -0.25) is 9.59 Å². The second kappa shape index (κ2) is 5.97. The fraction of sp³-hybridized carbons (Fsp3) is 0.143. The number of pyridine rings is 1. The van der Waals surface area contributed by atoms with Crippen LogP contribution in [0.1, 0.15) is 16.1 Å². The zero-order valence-corrected chi connectivity index (χ0v) is 10.6. The Bertz CT molecular complexity index is 617. The Morgan fingerprint density at radius 2 is 1.89 bits per heavy atom. The van der Waals surface area contributed by atoms with E-state index in [-0.39, 0.29) is 17.2 Å². The highest BCUT2D eigenvalue weighted by Gasteiger charge is 2.06. The Hall–Kier alpha value is -2.40. The molecule has 0 atom stereocenters. The summed E-state index contributed by atoms with van der Waals surface area (Å²) < 4.78 is 0. The van der Waals surface area contributed by atoms with Gasteiger partial charge in [-0.25, -0.2) is 0 Å². The van der Waals surface area contributed by atoms with Gasteiger partial charge >= 0.3 is 0 Å². The van der Waals surface area contributed by atoms with Crippen molar-refractivity contribution in [1.29, 1.82) is 0 Å². The maximum absolute atomic E-state index is 11.9. The van der Waals surface area contributed by atoms with Crippen LogP contribution in [0.5, 0.6) is 0 Å². The van der Waals surface area contributed by atoms with E-state index in [1.165, 1.54) is 6.07 Å². The Morgan fingerprint density at radius 3 is 2.53 bits per heavy atom. The fourth-order valence-corrected chi connectivity index (χ4v) is 1.69. The van der Waals surface area contributed by atoms with Crippen molar-refractivity contribution in [3.63, 3.8) is 0 Å². The molecule has 0 aliphatic heterocycles. The van der Waals surface area contributed by atoms with Crippen molar-refractivity contribution in [3.05, 3.63) is 64.1 Å². The van der Waals surface area contributed by atoms with Crippen LogP contribution >= 0.6 is 0 Å². The molecule has 2 aromatic rings. The van der Waals surface area contributed by atoms with Crippen molar-refractivity contribution in [1.82, 2.24) is 10.3 Å². The molecule has 1 amide bonds. The van der Waals surface area contributed by atoms with Crippen LogP contribution in [0, 0.1) is 0 Å². The van der Waals surface area contributed by atoms with Gasteiger partial charge < -0.3 is 15.6 Å².